The molecule has 0 unspecified atom stereocenters. The lowest BCUT2D eigenvalue weighted by atomic mass is 10.1. The van der Waals surface area contributed by atoms with E-state index in [0.29, 0.717) is 10.6 Å². The number of hydrogen-bond donors (Lipinski definition) is 2. The highest BCUT2D eigenvalue weighted by Crippen LogP contribution is 2.21. The maximum Gasteiger partial charge on any atom is 0.258 e. The normalized spacial score (nSPS) is 10.4. The van der Waals surface area contributed by atoms with Crippen LogP contribution in [0.3, 0.4) is 0 Å². The van der Waals surface area contributed by atoms with E-state index in [1.807, 2.05) is 42.5 Å². The molecule has 0 fully saturated rings. The molecule has 0 aliphatic heterocycles. The van der Waals surface area contributed by atoms with Crippen LogP contribution in [0, 0.1) is 0 Å². The highest BCUT2D eigenvalue weighted by atomic mass is 35.5. The van der Waals surface area contributed by atoms with Gasteiger partial charge in [-0.05, 0) is 53.3 Å². The van der Waals surface area contributed by atoms with Crippen molar-refractivity contribution in [3.8, 4) is 0 Å². The smallest absolute Gasteiger partial charge is 0.258 e. The van der Waals surface area contributed by atoms with Gasteiger partial charge in [0.05, 0.1) is 10.6 Å². The lowest BCUT2D eigenvalue weighted by Crippen LogP contribution is -2.34. The number of halogens is 2. The minimum Gasteiger partial charge on any atom is -0.332 e. The first-order chi connectivity index (χ1) is 11.5. The summed E-state index contributed by atoms with van der Waals surface area (Å²) in [5, 5.41) is 8.75. The van der Waals surface area contributed by atoms with Crippen LogP contribution in [0.15, 0.2) is 60.7 Å². The third-order valence-corrected chi connectivity index (χ3v) is 4.16. The van der Waals surface area contributed by atoms with Gasteiger partial charge in [-0.25, -0.2) is 0 Å². The number of nitrogens with one attached hydrogen (secondary N) is 2. The fourth-order valence-corrected chi connectivity index (χ4v) is 2.98. The number of fused-ring (bicyclic) bond motifs is 1. The molecule has 3 rings (SSSR count). The van der Waals surface area contributed by atoms with Gasteiger partial charge in [-0.15, -0.1) is 0 Å². The van der Waals surface area contributed by atoms with E-state index < -0.39 is 5.91 Å². The number of hydrogen-bond acceptors (Lipinski definition) is 2. The van der Waals surface area contributed by atoms with E-state index in [9.17, 15) is 4.79 Å². The lowest BCUT2D eigenvalue weighted by molar-refractivity contribution is 0.0978. The zero-order chi connectivity index (χ0) is 17.1. The van der Waals surface area contributed by atoms with E-state index in [4.69, 9.17) is 35.4 Å². The Bertz CT molecular complexity index is 943. The Morgan fingerprint density at radius 1 is 0.917 bits per heavy atom. The molecule has 1 amide bonds. The number of amides is 1. The van der Waals surface area contributed by atoms with E-state index in [1.165, 1.54) is 6.07 Å². The Morgan fingerprint density at radius 2 is 1.67 bits per heavy atom. The summed E-state index contributed by atoms with van der Waals surface area (Å²) < 4.78 is 0. The number of anilines is 1. The van der Waals surface area contributed by atoms with Gasteiger partial charge in [0, 0.05) is 10.7 Å². The number of rotatable bonds is 2. The SMILES string of the molecule is O=C(NC(=S)Nc1ccc2ccccc2c1)c1ccc(Cl)cc1Cl. The lowest BCUT2D eigenvalue weighted by Gasteiger charge is -2.11. The largest absolute Gasteiger partial charge is 0.332 e. The van der Waals surface area contributed by atoms with Crippen LogP contribution in [-0.2, 0) is 0 Å². The second kappa shape index (κ2) is 7.18. The maximum atomic E-state index is 12.2. The minimum absolute atomic E-state index is 0.196. The van der Waals surface area contributed by atoms with Gasteiger partial charge in [-0.2, -0.15) is 0 Å². The standard InChI is InChI=1S/C18H12Cl2N2OS/c19-13-6-8-15(16(20)10-13)17(23)22-18(24)21-14-7-5-11-3-1-2-4-12(11)9-14/h1-10H,(H2,21,22,23,24). The van der Waals surface area contributed by atoms with E-state index in [-0.39, 0.29) is 10.1 Å². The van der Waals surface area contributed by atoms with Crippen LogP contribution in [0.5, 0.6) is 0 Å². The first-order valence-electron chi connectivity index (χ1n) is 7.09. The third kappa shape index (κ3) is 3.85. The molecule has 0 saturated carbocycles. The number of carbonyl (C=O) groups is 1. The molecule has 0 spiro atoms. The summed E-state index contributed by atoms with van der Waals surface area (Å²) in [5.41, 5.74) is 1.10. The van der Waals surface area contributed by atoms with Gasteiger partial charge < -0.3 is 5.32 Å². The topological polar surface area (TPSA) is 41.1 Å². The number of benzene rings is 3. The molecule has 0 aliphatic rings. The second-order valence-corrected chi connectivity index (χ2v) is 6.35. The van der Waals surface area contributed by atoms with E-state index in [0.717, 1.165) is 16.5 Å². The zero-order valence-corrected chi connectivity index (χ0v) is 14.7. The first kappa shape index (κ1) is 16.7. The predicted molar refractivity (Wildman–Crippen MR) is 104 cm³/mol. The van der Waals surface area contributed by atoms with Crippen molar-refractivity contribution in [1.82, 2.24) is 5.32 Å². The molecule has 3 aromatic carbocycles. The van der Waals surface area contributed by atoms with Crippen LogP contribution in [-0.4, -0.2) is 11.0 Å². The van der Waals surface area contributed by atoms with Crippen LogP contribution < -0.4 is 10.6 Å². The second-order valence-electron chi connectivity index (χ2n) is 5.09. The van der Waals surface area contributed by atoms with Gasteiger partial charge in [-0.3, -0.25) is 10.1 Å². The van der Waals surface area contributed by atoms with Crippen LogP contribution in [0.2, 0.25) is 10.0 Å². The Kier molecular flexibility index (Phi) is 5.00. The summed E-state index contributed by atoms with van der Waals surface area (Å²) >= 11 is 17.0. The van der Waals surface area contributed by atoms with Crippen molar-refractivity contribution in [2.24, 2.45) is 0 Å². The van der Waals surface area contributed by atoms with Crippen LogP contribution in [0.1, 0.15) is 10.4 Å². The Balaban J connectivity index is 1.71. The van der Waals surface area contributed by atoms with Crippen molar-refractivity contribution in [3.05, 3.63) is 76.3 Å². The zero-order valence-electron chi connectivity index (χ0n) is 12.3. The molecule has 0 atom stereocenters. The van der Waals surface area contributed by atoms with Crippen molar-refractivity contribution in [1.29, 1.82) is 0 Å². The molecule has 0 bridgehead atoms. The third-order valence-electron chi connectivity index (χ3n) is 3.41. The van der Waals surface area contributed by atoms with Crippen LogP contribution in [0.25, 0.3) is 10.8 Å². The molecule has 24 heavy (non-hydrogen) atoms. The van der Waals surface area contributed by atoms with Crippen molar-refractivity contribution >= 4 is 62.9 Å². The fraction of sp³-hybridized carbons (Fsp3) is 0. The highest BCUT2D eigenvalue weighted by molar-refractivity contribution is 7.80. The first-order valence-corrected chi connectivity index (χ1v) is 8.25. The van der Waals surface area contributed by atoms with Crippen molar-refractivity contribution in [2.75, 3.05) is 5.32 Å². The molecule has 6 heteroatoms. The molecule has 2 N–H and O–H groups in total. The Morgan fingerprint density at radius 3 is 2.42 bits per heavy atom. The minimum atomic E-state index is -0.394. The fourth-order valence-electron chi connectivity index (χ4n) is 2.27. The molecule has 3 nitrogen and oxygen atoms in total. The summed E-state index contributed by atoms with van der Waals surface area (Å²) in [7, 11) is 0. The van der Waals surface area contributed by atoms with Gasteiger partial charge in [0.25, 0.3) is 5.91 Å². The average molecular weight is 375 g/mol. The summed E-state index contributed by atoms with van der Waals surface area (Å²) in [4.78, 5) is 12.2. The van der Waals surface area contributed by atoms with Gasteiger partial charge >= 0.3 is 0 Å². The highest BCUT2D eigenvalue weighted by Gasteiger charge is 2.12. The van der Waals surface area contributed by atoms with Gasteiger partial charge in [0.1, 0.15) is 0 Å². The summed E-state index contributed by atoms with van der Waals surface area (Å²) in [5.74, 6) is -0.394. The quantitative estimate of drug-likeness (QED) is 0.600. The molecule has 0 aliphatic carbocycles. The Labute approximate surface area is 154 Å². The van der Waals surface area contributed by atoms with Crippen LogP contribution in [0.4, 0.5) is 5.69 Å². The summed E-state index contributed by atoms with van der Waals surface area (Å²) in [6.45, 7) is 0. The van der Waals surface area contributed by atoms with Crippen molar-refractivity contribution in [3.63, 3.8) is 0 Å². The number of carbonyl (C=O) groups excluding carboxylic acids is 1. The number of thiocarbonyl (C=S) groups is 1. The summed E-state index contributed by atoms with van der Waals surface area (Å²) in [6, 6.07) is 18.5. The molecule has 0 aromatic heterocycles. The van der Waals surface area contributed by atoms with Gasteiger partial charge in [0.2, 0.25) is 0 Å². The molecular weight excluding hydrogens is 363 g/mol. The van der Waals surface area contributed by atoms with Crippen molar-refractivity contribution < 1.29 is 4.79 Å². The van der Waals surface area contributed by atoms with E-state index in [1.54, 1.807) is 12.1 Å². The molecule has 120 valence electrons. The van der Waals surface area contributed by atoms with E-state index in [2.05, 4.69) is 10.6 Å². The van der Waals surface area contributed by atoms with Gasteiger partial charge in [0.15, 0.2) is 5.11 Å². The molecule has 0 saturated heterocycles. The van der Waals surface area contributed by atoms with E-state index >= 15 is 0 Å². The average Bonchev–Trinajstić information content (AvgIpc) is 2.54. The van der Waals surface area contributed by atoms with Gasteiger partial charge in [-0.1, -0.05) is 53.5 Å². The molecule has 3 aromatic rings. The molecular formula is C18H12Cl2N2OS. The summed E-state index contributed by atoms with van der Waals surface area (Å²) in [6.07, 6.45) is 0. The Hall–Kier alpha value is -2.14. The predicted octanol–water partition coefficient (Wildman–Crippen LogP) is 5.27. The van der Waals surface area contributed by atoms with Crippen molar-refractivity contribution in [2.45, 2.75) is 0 Å². The maximum absolute atomic E-state index is 12.2. The monoisotopic (exact) mass is 374 g/mol. The van der Waals surface area contributed by atoms with Crippen LogP contribution >= 0.6 is 35.4 Å². The molecule has 0 radical (unpaired) electrons. The molecule has 0 heterocycles.